The molecule has 0 saturated carbocycles. The number of imidazole rings is 1. The van der Waals surface area contributed by atoms with E-state index in [1.165, 1.54) is 0 Å². The molecule has 23 heavy (non-hydrogen) atoms. The van der Waals surface area contributed by atoms with Gasteiger partial charge in [-0.05, 0) is 43.2 Å². The van der Waals surface area contributed by atoms with E-state index in [-0.39, 0.29) is 5.56 Å². The quantitative estimate of drug-likeness (QED) is 0.533. The third-order valence-corrected chi connectivity index (χ3v) is 4.55. The highest BCUT2D eigenvalue weighted by atomic mass is 35.5. The fourth-order valence-electron chi connectivity index (χ4n) is 2.95. The molecule has 4 rings (SSSR count). The van der Waals surface area contributed by atoms with E-state index in [0.29, 0.717) is 10.7 Å². The van der Waals surface area contributed by atoms with Crippen LogP contribution in [0.25, 0.3) is 22.4 Å². The number of halogens is 1. The van der Waals surface area contributed by atoms with Gasteiger partial charge in [-0.15, -0.1) is 0 Å². The molecular formula is C18H14ClN3O. The number of hydrogen-bond donors (Lipinski definition) is 0. The lowest BCUT2D eigenvalue weighted by Gasteiger charge is -2.15. The van der Waals surface area contributed by atoms with Crippen molar-refractivity contribution in [1.82, 2.24) is 14.0 Å². The van der Waals surface area contributed by atoms with Crippen LogP contribution in [0.2, 0.25) is 5.02 Å². The standard InChI is InChI=1S/C18H14ClN3O/c1-11-5-3-4-6-14(11)22-16-10-13(19)12(2)9-15(16)21-8-7-20-17(21)18(22)23/h3-10H,1-2H3. The van der Waals surface area contributed by atoms with Gasteiger partial charge in [-0.1, -0.05) is 29.8 Å². The molecule has 0 N–H and O–H groups in total. The molecule has 0 aliphatic heterocycles. The molecule has 114 valence electrons. The van der Waals surface area contributed by atoms with Crippen LogP contribution in [0.3, 0.4) is 0 Å². The van der Waals surface area contributed by atoms with Gasteiger partial charge in [0.05, 0.1) is 16.7 Å². The van der Waals surface area contributed by atoms with E-state index in [4.69, 9.17) is 11.6 Å². The van der Waals surface area contributed by atoms with Crippen LogP contribution in [-0.2, 0) is 0 Å². The summed E-state index contributed by atoms with van der Waals surface area (Å²) < 4.78 is 3.51. The van der Waals surface area contributed by atoms with Gasteiger partial charge in [-0.3, -0.25) is 13.8 Å². The van der Waals surface area contributed by atoms with Crippen LogP contribution < -0.4 is 5.56 Å². The number of rotatable bonds is 1. The van der Waals surface area contributed by atoms with Gasteiger partial charge in [0, 0.05) is 17.4 Å². The first kappa shape index (κ1) is 14.0. The van der Waals surface area contributed by atoms with E-state index in [1.807, 2.05) is 54.6 Å². The lowest BCUT2D eigenvalue weighted by Crippen LogP contribution is -2.22. The fourth-order valence-corrected chi connectivity index (χ4v) is 3.10. The number of benzene rings is 2. The summed E-state index contributed by atoms with van der Waals surface area (Å²) in [6.45, 7) is 3.94. The molecule has 0 amide bonds. The summed E-state index contributed by atoms with van der Waals surface area (Å²) in [5.41, 5.74) is 4.74. The smallest absolute Gasteiger partial charge is 0.294 e. The molecule has 4 aromatic rings. The van der Waals surface area contributed by atoms with Gasteiger partial charge in [0.15, 0.2) is 0 Å². The molecule has 0 saturated heterocycles. The van der Waals surface area contributed by atoms with Crippen molar-refractivity contribution < 1.29 is 0 Å². The van der Waals surface area contributed by atoms with Gasteiger partial charge in [-0.2, -0.15) is 0 Å². The Morgan fingerprint density at radius 2 is 1.83 bits per heavy atom. The zero-order valence-corrected chi connectivity index (χ0v) is 13.5. The van der Waals surface area contributed by atoms with Crippen LogP contribution in [0.1, 0.15) is 11.1 Å². The highest BCUT2D eigenvalue weighted by Crippen LogP contribution is 2.26. The van der Waals surface area contributed by atoms with Gasteiger partial charge in [-0.25, -0.2) is 4.98 Å². The summed E-state index contributed by atoms with van der Waals surface area (Å²) in [7, 11) is 0. The lowest BCUT2D eigenvalue weighted by atomic mass is 10.1. The number of para-hydroxylation sites is 1. The summed E-state index contributed by atoms with van der Waals surface area (Å²) in [6.07, 6.45) is 3.44. The summed E-state index contributed by atoms with van der Waals surface area (Å²) >= 11 is 6.32. The first-order chi connectivity index (χ1) is 11.1. The molecule has 0 aliphatic rings. The minimum Gasteiger partial charge on any atom is -0.294 e. The Kier molecular flexibility index (Phi) is 3.03. The van der Waals surface area contributed by atoms with E-state index < -0.39 is 0 Å². The van der Waals surface area contributed by atoms with Gasteiger partial charge in [0.25, 0.3) is 5.56 Å². The van der Waals surface area contributed by atoms with Crippen molar-refractivity contribution in [2.75, 3.05) is 0 Å². The first-order valence-corrected chi connectivity index (χ1v) is 7.69. The second kappa shape index (κ2) is 4.96. The van der Waals surface area contributed by atoms with Gasteiger partial charge in [0.1, 0.15) is 0 Å². The van der Waals surface area contributed by atoms with Crippen molar-refractivity contribution in [3.8, 4) is 5.69 Å². The fraction of sp³-hybridized carbons (Fsp3) is 0.111. The molecule has 0 radical (unpaired) electrons. The predicted octanol–water partition coefficient (Wildman–Crippen LogP) is 3.91. The summed E-state index contributed by atoms with van der Waals surface area (Å²) in [5.74, 6) is 0. The van der Waals surface area contributed by atoms with Crippen molar-refractivity contribution in [2.45, 2.75) is 13.8 Å². The topological polar surface area (TPSA) is 39.3 Å². The first-order valence-electron chi connectivity index (χ1n) is 7.32. The van der Waals surface area contributed by atoms with Crippen molar-refractivity contribution >= 4 is 28.3 Å². The molecule has 2 heterocycles. The van der Waals surface area contributed by atoms with Crippen molar-refractivity contribution in [1.29, 1.82) is 0 Å². The molecule has 2 aromatic carbocycles. The van der Waals surface area contributed by atoms with E-state index in [2.05, 4.69) is 4.98 Å². The zero-order valence-electron chi connectivity index (χ0n) is 12.7. The van der Waals surface area contributed by atoms with E-state index in [1.54, 1.807) is 17.0 Å². The summed E-state index contributed by atoms with van der Waals surface area (Å²) in [5, 5.41) is 0.638. The maximum absolute atomic E-state index is 13.0. The zero-order chi connectivity index (χ0) is 16.1. The maximum Gasteiger partial charge on any atom is 0.299 e. The number of nitrogens with zero attached hydrogens (tertiary/aromatic N) is 3. The highest BCUT2D eigenvalue weighted by molar-refractivity contribution is 6.32. The Labute approximate surface area is 137 Å². The minimum atomic E-state index is -0.156. The third-order valence-electron chi connectivity index (χ3n) is 4.15. The van der Waals surface area contributed by atoms with E-state index in [0.717, 1.165) is 27.8 Å². The number of hydrogen-bond acceptors (Lipinski definition) is 2. The molecule has 2 aromatic heterocycles. The van der Waals surface area contributed by atoms with Gasteiger partial charge in [0.2, 0.25) is 5.65 Å². The molecular weight excluding hydrogens is 310 g/mol. The Hall–Kier alpha value is -2.59. The molecule has 4 nitrogen and oxygen atoms in total. The van der Waals surface area contributed by atoms with Crippen molar-refractivity contribution in [3.63, 3.8) is 0 Å². The van der Waals surface area contributed by atoms with Gasteiger partial charge < -0.3 is 0 Å². The summed E-state index contributed by atoms with van der Waals surface area (Å²) in [4.78, 5) is 17.2. The third kappa shape index (κ3) is 1.99. The lowest BCUT2D eigenvalue weighted by molar-refractivity contribution is 1.00. The van der Waals surface area contributed by atoms with Crippen LogP contribution in [0, 0.1) is 13.8 Å². The summed E-state index contributed by atoms with van der Waals surface area (Å²) in [6, 6.07) is 11.6. The second-order valence-corrected chi connectivity index (χ2v) is 6.05. The van der Waals surface area contributed by atoms with Crippen molar-refractivity contribution in [2.24, 2.45) is 0 Å². The van der Waals surface area contributed by atoms with Crippen LogP contribution in [0.5, 0.6) is 0 Å². The van der Waals surface area contributed by atoms with Crippen LogP contribution in [-0.4, -0.2) is 14.0 Å². The Balaban J connectivity index is 2.30. The molecule has 0 aliphatic carbocycles. The Morgan fingerprint density at radius 1 is 1.04 bits per heavy atom. The van der Waals surface area contributed by atoms with Gasteiger partial charge >= 0.3 is 0 Å². The molecule has 5 heteroatoms. The predicted molar refractivity (Wildman–Crippen MR) is 92.8 cm³/mol. The monoisotopic (exact) mass is 323 g/mol. The Bertz CT molecular complexity index is 1120. The molecule has 0 atom stereocenters. The van der Waals surface area contributed by atoms with Crippen LogP contribution in [0.15, 0.2) is 53.6 Å². The number of aryl methyl sites for hydroxylation is 2. The van der Waals surface area contributed by atoms with E-state index >= 15 is 0 Å². The average molecular weight is 324 g/mol. The van der Waals surface area contributed by atoms with E-state index in [9.17, 15) is 4.79 Å². The average Bonchev–Trinajstić information content (AvgIpc) is 3.01. The van der Waals surface area contributed by atoms with Crippen molar-refractivity contribution in [3.05, 3.63) is 75.3 Å². The molecule has 0 fully saturated rings. The maximum atomic E-state index is 13.0. The van der Waals surface area contributed by atoms with Crippen LogP contribution in [0.4, 0.5) is 0 Å². The second-order valence-electron chi connectivity index (χ2n) is 5.64. The Morgan fingerprint density at radius 3 is 2.61 bits per heavy atom. The number of aromatic nitrogens is 3. The molecule has 0 spiro atoms. The molecule has 0 unspecified atom stereocenters. The normalized spacial score (nSPS) is 11.4. The molecule has 0 bridgehead atoms. The SMILES string of the molecule is Cc1cc2c(cc1Cl)n(-c1ccccc1C)c(=O)c1nccn12. The number of fused-ring (bicyclic) bond motifs is 3. The minimum absolute atomic E-state index is 0.156. The largest absolute Gasteiger partial charge is 0.299 e. The highest BCUT2D eigenvalue weighted by Gasteiger charge is 2.15. The van der Waals surface area contributed by atoms with Crippen LogP contribution >= 0.6 is 11.6 Å².